The van der Waals surface area contributed by atoms with E-state index >= 15 is 0 Å². The van der Waals surface area contributed by atoms with E-state index in [1.54, 1.807) is 0 Å². The molecule has 0 spiro atoms. The highest BCUT2D eigenvalue weighted by Crippen LogP contribution is 1.96. The van der Waals surface area contributed by atoms with Crippen LogP contribution < -0.4 is 11.8 Å². The van der Waals surface area contributed by atoms with E-state index in [9.17, 15) is 33.7 Å². The third-order valence-electron chi connectivity index (χ3n) is 0.630. The Morgan fingerprint density at radius 2 is 0.667 bits per heavy atom. The summed E-state index contributed by atoms with van der Waals surface area (Å²) in [4.78, 5) is 0. The van der Waals surface area contributed by atoms with E-state index < -0.39 is 52.0 Å². The highest BCUT2D eigenvalue weighted by molar-refractivity contribution is 7.84. The van der Waals surface area contributed by atoms with Crippen molar-refractivity contribution in [1.82, 2.24) is 0 Å². The molecule has 27 heavy (non-hydrogen) atoms. The lowest BCUT2D eigenvalue weighted by Crippen LogP contribution is -2.16. The smallest absolute Gasteiger partial charge is 0.264 e. The van der Waals surface area contributed by atoms with Crippen LogP contribution in [0, 0.1) is 0 Å². The van der Waals surface area contributed by atoms with Crippen molar-refractivity contribution < 1.29 is 86.2 Å². The Balaban J connectivity index is -0.000000344. The van der Waals surface area contributed by atoms with Crippen molar-refractivity contribution in [2.45, 2.75) is 0 Å². The Labute approximate surface area is 150 Å². The molecule has 0 radical (unpaired) electrons. The summed E-state index contributed by atoms with van der Waals surface area (Å²) >= 11 is 0. The van der Waals surface area contributed by atoms with E-state index in [-0.39, 0.29) is 0 Å². The van der Waals surface area contributed by atoms with Crippen molar-refractivity contribution >= 4 is 52.0 Å². The molecule has 0 amide bonds. The second-order valence-corrected chi connectivity index (χ2v) is 7.75. The quantitative estimate of drug-likeness (QED) is 0.0998. The molecular weight excluding hydrogens is 508 g/mol. The molecule has 0 atom stereocenters. The Morgan fingerprint density at radius 1 is 0.481 bits per heavy atom. The molecule has 0 aromatic carbocycles. The SMILES string of the molecule is NOS(=O)(=O)OOS(=O)(=O)O.NOS(=O)(=O)OOS(=O)(=O)O.O=S(=O)(O)O. The van der Waals surface area contributed by atoms with E-state index in [2.05, 4.69) is 37.7 Å². The van der Waals surface area contributed by atoms with Gasteiger partial charge in [-0.05, 0) is 0 Å². The Bertz CT molecular complexity index is 851. The second-order valence-electron chi connectivity index (χ2n) is 2.58. The summed E-state index contributed by atoms with van der Waals surface area (Å²) in [6, 6.07) is 0. The molecule has 0 aliphatic carbocycles. The van der Waals surface area contributed by atoms with Gasteiger partial charge in [0, 0.05) is 0 Å². The Hall–Kier alpha value is -0.730. The predicted molar refractivity (Wildman–Crippen MR) is 70.0 cm³/mol. The summed E-state index contributed by atoms with van der Waals surface area (Å²) in [5.41, 5.74) is 0. The van der Waals surface area contributed by atoms with Gasteiger partial charge in [0.25, 0.3) is 0 Å². The zero-order valence-corrected chi connectivity index (χ0v) is 15.6. The van der Waals surface area contributed by atoms with Crippen LogP contribution in [0.2, 0.25) is 0 Å². The van der Waals surface area contributed by atoms with Crippen LogP contribution in [0.25, 0.3) is 0 Å². The van der Waals surface area contributed by atoms with Crippen LogP contribution in [0.3, 0.4) is 0 Å². The van der Waals surface area contributed by atoms with E-state index in [1.807, 2.05) is 0 Å². The standard InChI is InChI=1S/2H3NO8S2.H2O4S/c2*1-7-11(5,6)9-8-10(2,3)4;1-5(2,3)4/h2*1H2,(H,2,3,4);(H2,1,2,3,4). The molecule has 0 bridgehead atoms. The zero-order valence-electron chi connectivity index (χ0n) is 11.5. The van der Waals surface area contributed by atoms with Gasteiger partial charge in [-0.15, -0.1) is 0 Å². The summed E-state index contributed by atoms with van der Waals surface area (Å²) in [5.74, 6) is 8.13. The summed E-state index contributed by atoms with van der Waals surface area (Å²) < 4.78 is 144. The van der Waals surface area contributed by atoms with Crippen molar-refractivity contribution in [3.63, 3.8) is 0 Å². The highest BCUT2D eigenvalue weighted by Gasteiger charge is 2.17. The summed E-state index contributed by atoms with van der Waals surface area (Å²) in [6.45, 7) is 0. The second kappa shape index (κ2) is 12.0. The van der Waals surface area contributed by atoms with Gasteiger partial charge in [0.15, 0.2) is 0 Å². The van der Waals surface area contributed by atoms with E-state index in [4.69, 9.17) is 26.6 Å². The fraction of sp³-hybridized carbons (Fsp3) is 0. The molecule has 0 unspecified atom stereocenters. The van der Waals surface area contributed by atoms with Crippen molar-refractivity contribution in [2.75, 3.05) is 0 Å². The third-order valence-corrected chi connectivity index (χ3v) is 2.22. The van der Waals surface area contributed by atoms with E-state index in [0.29, 0.717) is 0 Å². The lowest BCUT2D eigenvalue weighted by Gasteiger charge is -1.96. The summed E-state index contributed by atoms with van der Waals surface area (Å²) in [6.07, 6.45) is 0. The molecule has 168 valence electrons. The predicted octanol–water partition coefficient (Wildman–Crippen LogP) is -4.91. The van der Waals surface area contributed by atoms with Crippen LogP contribution in [0.15, 0.2) is 0 Å². The molecular formula is H8N2O20S5. The average molecular weight is 516 g/mol. The monoisotopic (exact) mass is 516 g/mol. The van der Waals surface area contributed by atoms with Crippen LogP contribution in [-0.2, 0) is 77.9 Å². The van der Waals surface area contributed by atoms with Gasteiger partial charge in [0.05, 0.1) is 0 Å². The van der Waals surface area contributed by atoms with Crippen molar-refractivity contribution in [3.8, 4) is 0 Å². The first-order chi connectivity index (χ1) is 11.5. The lowest BCUT2D eigenvalue weighted by molar-refractivity contribution is -0.108. The molecule has 0 saturated carbocycles. The van der Waals surface area contributed by atoms with Gasteiger partial charge in [-0.1, -0.05) is 17.3 Å². The minimum absolute atomic E-state index is 2.92. The van der Waals surface area contributed by atoms with Crippen LogP contribution >= 0.6 is 0 Å². The van der Waals surface area contributed by atoms with Crippen molar-refractivity contribution in [1.29, 1.82) is 0 Å². The van der Waals surface area contributed by atoms with Gasteiger partial charge in [0.1, 0.15) is 0 Å². The van der Waals surface area contributed by atoms with Crippen molar-refractivity contribution in [3.05, 3.63) is 0 Å². The van der Waals surface area contributed by atoms with Crippen molar-refractivity contribution in [2.24, 2.45) is 11.8 Å². The maximum absolute atomic E-state index is 9.98. The van der Waals surface area contributed by atoms with Gasteiger partial charge >= 0.3 is 52.0 Å². The molecule has 0 aliphatic rings. The van der Waals surface area contributed by atoms with Gasteiger partial charge in [0.2, 0.25) is 0 Å². The van der Waals surface area contributed by atoms with E-state index in [0.717, 1.165) is 0 Å². The van der Waals surface area contributed by atoms with Gasteiger partial charge in [-0.25, -0.2) is 0 Å². The molecule has 0 aromatic rings. The third kappa shape index (κ3) is 36.8. The minimum atomic E-state index is -5.00. The fourth-order valence-corrected chi connectivity index (χ4v) is 1.34. The van der Waals surface area contributed by atoms with Gasteiger partial charge in [-0.3, -0.25) is 18.2 Å². The molecule has 0 rings (SSSR count). The number of rotatable bonds is 8. The molecule has 8 N–H and O–H groups in total. The molecule has 0 fully saturated rings. The zero-order chi connectivity index (χ0) is 22.7. The largest absolute Gasteiger partial charge is 0.443 e. The number of hydrogen-bond acceptors (Lipinski definition) is 18. The summed E-state index contributed by atoms with van der Waals surface area (Å²) in [5, 5.41) is 0. The topological polar surface area (TPSA) is 359 Å². The minimum Gasteiger partial charge on any atom is -0.264 e. The maximum atomic E-state index is 9.98. The first-order valence-electron chi connectivity index (χ1n) is 4.20. The van der Waals surface area contributed by atoms with Gasteiger partial charge in [-0.2, -0.15) is 62.5 Å². The lowest BCUT2D eigenvalue weighted by atomic mass is 13.6. The Morgan fingerprint density at radius 3 is 0.778 bits per heavy atom. The molecule has 0 heterocycles. The molecule has 27 heteroatoms. The van der Waals surface area contributed by atoms with Crippen LogP contribution in [0.1, 0.15) is 0 Å². The first kappa shape index (κ1) is 31.0. The molecule has 0 aliphatic heterocycles. The van der Waals surface area contributed by atoms with E-state index in [1.165, 1.54) is 0 Å². The maximum Gasteiger partial charge on any atom is 0.443 e. The number of hydrogen-bond donors (Lipinski definition) is 6. The summed E-state index contributed by atoms with van der Waals surface area (Å²) in [7, 11) is -24.1. The molecule has 0 aromatic heterocycles. The first-order valence-corrected chi connectivity index (χ1v) is 11.0. The molecule has 22 nitrogen and oxygen atoms in total. The van der Waals surface area contributed by atoms with Crippen LogP contribution in [-0.4, -0.2) is 60.3 Å². The van der Waals surface area contributed by atoms with Crippen LogP contribution in [0.4, 0.5) is 0 Å². The Kier molecular flexibility index (Phi) is 13.7. The fourth-order valence-electron chi connectivity index (χ4n) is 0.170. The number of nitrogens with two attached hydrogens (primary N) is 2. The van der Waals surface area contributed by atoms with Gasteiger partial charge < -0.3 is 0 Å². The van der Waals surface area contributed by atoms with Crippen LogP contribution in [0.5, 0.6) is 0 Å². The normalized spacial score (nSPS) is 13.0. The highest BCUT2D eigenvalue weighted by atomic mass is 32.3. The molecule has 0 saturated heterocycles. The average Bonchev–Trinajstić information content (AvgIpc) is 2.41.